The maximum Gasteiger partial charge on any atom is 0.123 e. The molecule has 1 aliphatic carbocycles. The van der Waals surface area contributed by atoms with E-state index in [1.54, 1.807) is 6.07 Å². The highest BCUT2D eigenvalue weighted by atomic mass is 19.1. The van der Waals surface area contributed by atoms with Gasteiger partial charge in [-0.3, -0.25) is 0 Å². The minimum absolute atomic E-state index is 0.179. The van der Waals surface area contributed by atoms with Gasteiger partial charge in [-0.15, -0.1) is 0 Å². The maximum absolute atomic E-state index is 13.1. The molecule has 1 aliphatic rings. The average Bonchev–Trinajstić information content (AvgIpc) is 2.69. The van der Waals surface area contributed by atoms with E-state index in [1.165, 1.54) is 17.2 Å². The summed E-state index contributed by atoms with van der Waals surface area (Å²) in [6.07, 6.45) is 2.60. The number of hydrogen-bond donors (Lipinski definition) is 1. The van der Waals surface area contributed by atoms with E-state index < -0.39 is 0 Å². The van der Waals surface area contributed by atoms with Gasteiger partial charge in [-0.25, -0.2) is 4.39 Å². The Morgan fingerprint density at radius 1 is 1.11 bits per heavy atom. The van der Waals surface area contributed by atoms with E-state index in [-0.39, 0.29) is 11.4 Å². The van der Waals surface area contributed by atoms with Crippen LogP contribution in [0.25, 0.3) is 0 Å². The van der Waals surface area contributed by atoms with E-state index in [9.17, 15) is 4.39 Å². The van der Waals surface area contributed by atoms with E-state index >= 15 is 0 Å². The number of halogens is 1. The fraction of sp³-hybridized carbons (Fsp3) is 0.294. The minimum Gasteiger partial charge on any atom is -0.324 e. The molecule has 1 nitrogen and oxygen atoms in total. The van der Waals surface area contributed by atoms with Crippen LogP contribution in [0.3, 0.4) is 0 Å². The molecule has 2 heteroatoms. The molecule has 2 N–H and O–H groups in total. The van der Waals surface area contributed by atoms with Gasteiger partial charge in [-0.1, -0.05) is 30.3 Å². The van der Waals surface area contributed by atoms with Gasteiger partial charge in [-0.05, 0) is 60.6 Å². The van der Waals surface area contributed by atoms with E-state index in [1.807, 2.05) is 13.0 Å². The summed E-state index contributed by atoms with van der Waals surface area (Å²) < 4.78 is 13.1. The molecule has 0 amide bonds. The van der Waals surface area contributed by atoms with Crippen molar-refractivity contribution < 1.29 is 4.39 Å². The third-order valence-corrected chi connectivity index (χ3v) is 4.05. The zero-order valence-corrected chi connectivity index (χ0v) is 11.1. The Balaban J connectivity index is 1.85. The Kier molecular flexibility index (Phi) is 2.90. The lowest BCUT2D eigenvalue weighted by atomic mass is 9.87. The van der Waals surface area contributed by atoms with Gasteiger partial charge in [-0.2, -0.15) is 0 Å². The predicted molar refractivity (Wildman–Crippen MR) is 75.6 cm³/mol. The van der Waals surface area contributed by atoms with Gasteiger partial charge in [0.25, 0.3) is 0 Å². The normalized spacial score (nSPS) is 16.4. The Hall–Kier alpha value is -1.67. The first-order valence-corrected chi connectivity index (χ1v) is 6.66. The van der Waals surface area contributed by atoms with Crippen LogP contribution in [-0.2, 0) is 19.3 Å². The van der Waals surface area contributed by atoms with Gasteiger partial charge in [0.05, 0.1) is 0 Å². The second kappa shape index (κ2) is 4.46. The molecule has 0 bridgehead atoms. The molecule has 2 aromatic carbocycles. The van der Waals surface area contributed by atoms with Gasteiger partial charge in [0, 0.05) is 5.54 Å². The van der Waals surface area contributed by atoms with Crippen LogP contribution in [-0.4, -0.2) is 5.54 Å². The molecular weight excluding hydrogens is 237 g/mol. The van der Waals surface area contributed by atoms with Crippen molar-refractivity contribution >= 4 is 0 Å². The van der Waals surface area contributed by atoms with Crippen molar-refractivity contribution in [3.63, 3.8) is 0 Å². The Bertz CT molecular complexity index is 593. The monoisotopic (exact) mass is 255 g/mol. The summed E-state index contributed by atoms with van der Waals surface area (Å²) in [5.41, 5.74) is 11.2. The summed E-state index contributed by atoms with van der Waals surface area (Å²) in [7, 11) is 0. The number of nitrogens with two attached hydrogens (primary N) is 1. The van der Waals surface area contributed by atoms with Crippen molar-refractivity contribution in [3.8, 4) is 0 Å². The molecule has 19 heavy (non-hydrogen) atoms. The summed E-state index contributed by atoms with van der Waals surface area (Å²) in [4.78, 5) is 0. The van der Waals surface area contributed by atoms with Crippen molar-refractivity contribution in [1.29, 1.82) is 0 Å². The van der Waals surface area contributed by atoms with Crippen LogP contribution in [0.15, 0.2) is 42.5 Å². The van der Waals surface area contributed by atoms with E-state index in [2.05, 4.69) is 24.3 Å². The van der Waals surface area contributed by atoms with Crippen molar-refractivity contribution in [2.24, 2.45) is 5.73 Å². The molecule has 3 rings (SSSR count). The van der Waals surface area contributed by atoms with Crippen LogP contribution in [0.2, 0.25) is 0 Å². The summed E-state index contributed by atoms with van der Waals surface area (Å²) in [5.74, 6) is -0.179. The molecule has 0 spiro atoms. The number of aryl methyl sites for hydroxylation is 1. The van der Waals surface area contributed by atoms with Crippen molar-refractivity contribution in [2.75, 3.05) is 0 Å². The second-order valence-corrected chi connectivity index (χ2v) is 5.73. The SMILES string of the molecule is Cc1cc(F)ccc1CC1(N)Cc2ccccc2C1. The molecule has 0 unspecified atom stereocenters. The Labute approximate surface area is 113 Å². The number of fused-ring (bicyclic) bond motifs is 1. The molecule has 0 fully saturated rings. The predicted octanol–water partition coefficient (Wildman–Crippen LogP) is 3.17. The van der Waals surface area contributed by atoms with E-state index in [0.29, 0.717) is 0 Å². The van der Waals surface area contributed by atoms with Crippen LogP contribution < -0.4 is 5.73 Å². The van der Waals surface area contributed by atoms with Crippen molar-refractivity contribution in [3.05, 3.63) is 70.5 Å². The van der Waals surface area contributed by atoms with Gasteiger partial charge >= 0.3 is 0 Å². The van der Waals surface area contributed by atoms with E-state index in [4.69, 9.17) is 5.73 Å². The first-order valence-electron chi connectivity index (χ1n) is 6.66. The summed E-state index contributed by atoms with van der Waals surface area (Å²) in [5, 5.41) is 0. The molecule has 0 heterocycles. The lowest BCUT2D eigenvalue weighted by Gasteiger charge is -2.24. The fourth-order valence-corrected chi connectivity index (χ4v) is 3.09. The standard InChI is InChI=1S/C17H18FN/c1-12-8-16(18)7-6-13(12)9-17(19)10-14-4-2-3-5-15(14)11-17/h2-8H,9-11,19H2,1H3. The summed E-state index contributed by atoms with van der Waals surface area (Å²) in [6.45, 7) is 1.95. The average molecular weight is 255 g/mol. The maximum atomic E-state index is 13.1. The van der Waals surface area contributed by atoms with Crippen molar-refractivity contribution in [2.45, 2.75) is 31.7 Å². The minimum atomic E-state index is -0.230. The highest BCUT2D eigenvalue weighted by Crippen LogP contribution is 2.31. The molecule has 2 aromatic rings. The van der Waals surface area contributed by atoms with Crippen LogP contribution in [0, 0.1) is 12.7 Å². The smallest absolute Gasteiger partial charge is 0.123 e. The zero-order valence-electron chi connectivity index (χ0n) is 11.1. The van der Waals surface area contributed by atoms with Gasteiger partial charge < -0.3 is 5.73 Å². The molecule has 98 valence electrons. The largest absolute Gasteiger partial charge is 0.324 e. The Morgan fingerprint density at radius 3 is 2.32 bits per heavy atom. The van der Waals surface area contributed by atoms with E-state index in [0.717, 1.165) is 30.4 Å². The molecule has 0 aromatic heterocycles. The summed E-state index contributed by atoms with van der Waals surface area (Å²) >= 11 is 0. The first-order chi connectivity index (χ1) is 9.06. The third kappa shape index (κ3) is 2.41. The molecular formula is C17H18FN. The topological polar surface area (TPSA) is 26.0 Å². The zero-order chi connectivity index (χ0) is 13.5. The fourth-order valence-electron chi connectivity index (χ4n) is 3.09. The van der Waals surface area contributed by atoms with Crippen LogP contribution in [0.4, 0.5) is 4.39 Å². The third-order valence-electron chi connectivity index (χ3n) is 4.05. The van der Waals surface area contributed by atoms with Crippen LogP contribution >= 0.6 is 0 Å². The second-order valence-electron chi connectivity index (χ2n) is 5.73. The molecule has 0 aliphatic heterocycles. The molecule has 0 saturated carbocycles. The van der Waals surface area contributed by atoms with Gasteiger partial charge in [0.15, 0.2) is 0 Å². The molecule has 0 atom stereocenters. The quantitative estimate of drug-likeness (QED) is 0.876. The first kappa shape index (κ1) is 12.4. The van der Waals surface area contributed by atoms with Crippen molar-refractivity contribution in [1.82, 2.24) is 0 Å². The number of rotatable bonds is 2. The number of benzene rings is 2. The van der Waals surface area contributed by atoms with Crippen LogP contribution in [0.5, 0.6) is 0 Å². The lowest BCUT2D eigenvalue weighted by Crippen LogP contribution is -2.43. The van der Waals surface area contributed by atoms with Crippen LogP contribution in [0.1, 0.15) is 22.3 Å². The lowest BCUT2D eigenvalue weighted by molar-refractivity contribution is 0.445. The summed E-state index contributed by atoms with van der Waals surface area (Å²) in [6, 6.07) is 13.4. The van der Waals surface area contributed by atoms with Gasteiger partial charge in [0.1, 0.15) is 5.82 Å². The highest BCUT2D eigenvalue weighted by molar-refractivity contribution is 5.38. The number of hydrogen-bond acceptors (Lipinski definition) is 1. The molecule has 0 saturated heterocycles. The Morgan fingerprint density at radius 2 is 1.74 bits per heavy atom. The molecule has 0 radical (unpaired) electrons. The van der Waals surface area contributed by atoms with Gasteiger partial charge in [0.2, 0.25) is 0 Å². The highest BCUT2D eigenvalue weighted by Gasteiger charge is 2.33.